The van der Waals surface area contributed by atoms with Crippen LogP contribution in [0.1, 0.15) is 10.4 Å². The Bertz CT molecular complexity index is 431. The number of halogens is 3. The number of methoxy groups -OCH3 is 1. The molecule has 1 amide bonds. The Balaban J connectivity index is 2.77. The molecule has 0 N–H and O–H groups in total. The van der Waals surface area contributed by atoms with Crippen LogP contribution < -0.4 is 0 Å². The predicted octanol–water partition coefficient (Wildman–Crippen LogP) is 2.96. The highest BCUT2D eigenvalue weighted by atomic mass is 79.9. The third-order valence-corrected chi connectivity index (χ3v) is 3.29. The van der Waals surface area contributed by atoms with Crippen LogP contribution in [-0.2, 0) is 4.74 Å². The van der Waals surface area contributed by atoms with E-state index in [2.05, 4.69) is 15.9 Å². The molecule has 1 unspecified atom stereocenters. The van der Waals surface area contributed by atoms with Gasteiger partial charge in [0.15, 0.2) is 0 Å². The number of ether oxygens (including phenoxy) is 1. The number of carbonyl (C=O) groups excluding carboxylic acids is 1. The van der Waals surface area contributed by atoms with Gasteiger partial charge in [-0.05, 0) is 12.1 Å². The summed E-state index contributed by atoms with van der Waals surface area (Å²) < 4.78 is 18.2. The molecule has 0 fully saturated rings. The molecule has 1 atom stereocenters. The fourth-order valence-corrected chi connectivity index (χ4v) is 2.39. The summed E-state index contributed by atoms with van der Waals surface area (Å²) in [6.07, 6.45) is 0. The lowest BCUT2D eigenvalue weighted by Crippen LogP contribution is -2.34. The highest BCUT2D eigenvalue weighted by Gasteiger charge is 2.19. The molecule has 0 aliphatic heterocycles. The van der Waals surface area contributed by atoms with Crippen LogP contribution in [0.5, 0.6) is 0 Å². The van der Waals surface area contributed by atoms with Gasteiger partial charge in [0.1, 0.15) is 5.82 Å². The van der Waals surface area contributed by atoms with E-state index in [1.165, 1.54) is 23.1 Å². The van der Waals surface area contributed by atoms with Gasteiger partial charge >= 0.3 is 0 Å². The van der Waals surface area contributed by atoms with Gasteiger partial charge in [-0.2, -0.15) is 0 Å². The molecule has 0 aliphatic rings. The summed E-state index contributed by atoms with van der Waals surface area (Å²) in [6, 6.07) is 4.18. The molecular formula is C12H14BrClFNO2. The van der Waals surface area contributed by atoms with E-state index in [0.717, 1.165) is 0 Å². The summed E-state index contributed by atoms with van der Waals surface area (Å²) in [5.74, 6) is -0.914. The van der Waals surface area contributed by atoms with Gasteiger partial charge in [0.25, 0.3) is 5.91 Å². The van der Waals surface area contributed by atoms with Crippen LogP contribution in [0.25, 0.3) is 0 Å². The quantitative estimate of drug-likeness (QED) is 0.773. The number of nitrogens with zero attached hydrogens (tertiary/aromatic N) is 1. The van der Waals surface area contributed by atoms with Crippen molar-refractivity contribution in [2.24, 2.45) is 0 Å². The van der Waals surface area contributed by atoms with Gasteiger partial charge in [-0.15, -0.1) is 0 Å². The Morgan fingerprint density at radius 2 is 2.28 bits per heavy atom. The lowest BCUT2D eigenvalue weighted by atomic mass is 10.2. The first kappa shape index (κ1) is 15.4. The number of rotatable bonds is 5. The molecule has 3 nitrogen and oxygen atoms in total. The van der Waals surface area contributed by atoms with Crippen LogP contribution in [0.3, 0.4) is 0 Å². The highest BCUT2D eigenvalue weighted by molar-refractivity contribution is 9.09. The standard InChI is InChI=1S/C12H14BrClFNO2/c1-16(6-8(13)7-18-2)12(17)9-4-3-5-10(15)11(9)14/h3-5,8H,6-7H2,1-2H3. The van der Waals surface area contributed by atoms with E-state index >= 15 is 0 Å². The van der Waals surface area contributed by atoms with E-state index in [1.807, 2.05) is 0 Å². The van der Waals surface area contributed by atoms with Gasteiger partial charge in [-0.1, -0.05) is 33.6 Å². The van der Waals surface area contributed by atoms with Crippen molar-refractivity contribution >= 4 is 33.4 Å². The molecule has 100 valence electrons. The van der Waals surface area contributed by atoms with Crippen LogP contribution in [0.15, 0.2) is 18.2 Å². The molecule has 6 heteroatoms. The first-order valence-corrected chi connectivity index (χ1v) is 6.59. The largest absolute Gasteiger partial charge is 0.383 e. The zero-order valence-corrected chi connectivity index (χ0v) is 12.5. The Hall–Kier alpha value is -0.650. The van der Waals surface area contributed by atoms with E-state index in [0.29, 0.717) is 13.2 Å². The van der Waals surface area contributed by atoms with Crippen molar-refractivity contribution in [3.05, 3.63) is 34.6 Å². The van der Waals surface area contributed by atoms with Crippen molar-refractivity contribution in [3.63, 3.8) is 0 Å². The maximum absolute atomic E-state index is 13.3. The lowest BCUT2D eigenvalue weighted by molar-refractivity contribution is 0.0784. The molecule has 1 aromatic carbocycles. The van der Waals surface area contributed by atoms with Crippen molar-refractivity contribution in [1.29, 1.82) is 0 Å². The highest BCUT2D eigenvalue weighted by Crippen LogP contribution is 2.21. The molecule has 1 aromatic rings. The molecule has 0 bridgehead atoms. The predicted molar refractivity (Wildman–Crippen MR) is 73.0 cm³/mol. The normalized spacial score (nSPS) is 12.3. The molecule has 0 saturated heterocycles. The van der Waals surface area contributed by atoms with E-state index in [9.17, 15) is 9.18 Å². The van der Waals surface area contributed by atoms with Gasteiger partial charge in [-0.25, -0.2) is 4.39 Å². The molecule has 1 rings (SSSR count). The molecule has 0 heterocycles. The minimum atomic E-state index is -0.594. The van der Waals surface area contributed by atoms with E-state index in [-0.39, 0.29) is 21.3 Å². The van der Waals surface area contributed by atoms with Crippen LogP contribution in [0.4, 0.5) is 4.39 Å². The summed E-state index contributed by atoms with van der Waals surface area (Å²) in [7, 11) is 3.22. The molecule has 0 spiro atoms. The van der Waals surface area contributed by atoms with Crippen molar-refractivity contribution in [3.8, 4) is 0 Å². The Morgan fingerprint density at radius 3 is 2.89 bits per heavy atom. The van der Waals surface area contributed by atoms with E-state index in [4.69, 9.17) is 16.3 Å². The van der Waals surface area contributed by atoms with Crippen LogP contribution >= 0.6 is 27.5 Å². The Labute approximate surface area is 119 Å². The monoisotopic (exact) mass is 337 g/mol. The zero-order chi connectivity index (χ0) is 13.7. The van der Waals surface area contributed by atoms with Gasteiger partial charge in [0.2, 0.25) is 0 Å². The molecular weight excluding hydrogens is 324 g/mol. The summed E-state index contributed by atoms with van der Waals surface area (Å²) in [6.45, 7) is 0.925. The fourth-order valence-electron chi connectivity index (χ4n) is 1.49. The lowest BCUT2D eigenvalue weighted by Gasteiger charge is -2.20. The minimum Gasteiger partial charge on any atom is -0.383 e. The average molecular weight is 339 g/mol. The second kappa shape index (κ2) is 7.07. The first-order valence-electron chi connectivity index (χ1n) is 5.29. The summed E-state index contributed by atoms with van der Waals surface area (Å²) in [5.41, 5.74) is 0.163. The van der Waals surface area contributed by atoms with Gasteiger partial charge < -0.3 is 9.64 Å². The van der Waals surface area contributed by atoms with Crippen molar-refractivity contribution in [2.75, 3.05) is 27.3 Å². The van der Waals surface area contributed by atoms with Crippen molar-refractivity contribution < 1.29 is 13.9 Å². The van der Waals surface area contributed by atoms with Crippen LogP contribution in [0.2, 0.25) is 5.02 Å². The van der Waals surface area contributed by atoms with Gasteiger partial charge in [-0.3, -0.25) is 4.79 Å². The molecule has 18 heavy (non-hydrogen) atoms. The van der Waals surface area contributed by atoms with Crippen LogP contribution in [-0.4, -0.2) is 42.9 Å². The number of hydrogen-bond acceptors (Lipinski definition) is 2. The number of hydrogen-bond donors (Lipinski definition) is 0. The third kappa shape index (κ3) is 3.93. The molecule has 0 aliphatic carbocycles. The topological polar surface area (TPSA) is 29.5 Å². The zero-order valence-electron chi connectivity index (χ0n) is 10.1. The van der Waals surface area contributed by atoms with Gasteiger partial charge in [0, 0.05) is 20.7 Å². The Kier molecular flexibility index (Phi) is 6.05. The van der Waals surface area contributed by atoms with Crippen molar-refractivity contribution in [2.45, 2.75) is 4.83 Å². The van der Waals surface area contributed by atoms with Crippen LogP contribution in [0, 0.1) is 5.82 Å². The van der Waals surface area contributed by atoms with E-state index < -0.39 is 5.82 Å². The summed E-state index contributed by atoms with van der Waals surface area (Å²) in [4.78, 5) is 13.6. The maximum Gasteiger partial charge on any atom is 0.255 e. The average Bonchev–Trinajstić information content (AvgIpc) is 2.32. The number of carbonyl (C=O) groups is 1. The number of amides is 1. The third-order valence-electron chi connectivity index (χ3n) is 2.35. The minimum absolute atomic E-state index is 0.0174. The number of alkyl halides is 1. The second-order valence-corrected chi connectivity index (χ2v) is 5.51. The summed E-state index contributed by atoms with van der Waals surface area (Å²) >= 11 is 9.16. The first-order chi connectivity index (χ1) is 8.47. The second-order valence-electron chi connectivity index (χ2n) is 3.84. The van der Waals surface area contributed by atoms with Gasteiger partial charge in [0.05, 0.1) is 22.0 Å². The smallest absolute Gasteiger partial charge is 0.255 e. The fraction of sp³-hybridized carbons (Fsp3) is 0.417. The Morgan fingerprint density at radius 1 is 1.61 bits per heavy atom. The maximum atomic E-state index is 13.3. The van der Waals surface area contributed by atoms with Crippen molar-refractivity contribution in [1.82, 2.24) is 4.90 Å². The summed E-state index contributed by atoms with van der Waals surface area (Å²) in [5, 5.41) is -0.146. The molecule has 0 aromatic heterocycles. The SMILES string of the molecule is COCC(Br)CN(C)C(=O)c1cccc(F)c1Cl. The van der Waals surface area contributed by atoms with E-state index in [1.54, 1.807) is 14.2 Å². The molecule has 0 saturated carbocycles. The molecule has 0 radical (unpaired) electrons. The number of benzene rings is 1.